The molecule has 1 fully saturated rings. The van der Waals surface area contributed by atoms with E-state index in [9.17, 15) is 21.6 Å². The summed E-state index contributed by atoms with van der Waals surface area (Å²) in [7, 11) is -3.83. The predicted octanol–water partition coefficient (Wildman–Crippen LogP) is 5.50. The molecule has 2 aromatic carbocycles. The molecule has 170 valence electrons. The van der Waals surface area contributed by atoms with E-state index in [1.165, 1.54) is 28.5 Å². The molecule has 0 N–H and O–H groups in total. The van der Waals surface area contributed by atoms with Gasteiger partial charge in [0.1, 0.15) is 0 Å². The number of halogens is 3. The number of sulfone groups is 1. The highest BCUT2D eigenvalue weighted by molar-refractivity contribution is 7.92. The number of thiazole rings is 1. The van der Waals surface area contributed by atoms with Crippen LogP contribution in [-0.4, -0.2) is 31.7 Å². The van der Waals surface area contributed by atoms with Crippen molar-refractivity contribution in [1.82, 2.24) is 4.98 Å². The molecule has 1 aliphatic rings. The molecule has 4 rings (SSSR count). The van der Waals surface area contributed by atoms with Gasteiger partial charge in [-0.15, -0.1) is 11.3 Å². The minimum Gasteiger partial charge on any atom is -0.348 e. The molecule has 4 nitrogen and oxygen atoms in total. The second kappa shape index (κ2) is 8.86. The van der Waals surface area contributed by atoms with Gasteiger partial charge in [-0.25, -0.2) is 13.4 Å². The van der Waals surface area contributed by atoms with Gasteiger partial charge in [-0.1, -0.05) is 35.9 Å². The molecule has 0 spiro atoms. The third-order valence-corrected chi connectivity index (χ3v) is 8.90. The Hall–Kier alpha value is -2.39. The predicted molar refractivity (Wildman–Crippen MR) is 120 cm³/mol. The molecule has 3 aromatic rings. The van der Waals surface area contributed by atoms with Gasteiger partial charge in [0.05, 0.1) is 21.4 Å². The van der Waals surface area contributed by atoms with E-state index in [1.54, 1.807) is 0 Å². The van der Waals surface area contributed by atoms with Gasteiger partial charge in [-0.05, 0) is 43.5 Å². The maximum absolute atomic E-state index is 13.0. The van der Waals surface area contributed by atoms with Crippen LogP contribution in [0.4, 0.5) is 18.3 Å². The van der Waals surface area contributed by atoms with E-state index >= 15 is 0 Å². The van der Waals surface area contributed by atoms with E-state index in [0.29, 0.717) is 25.9 Å². The molecule has 0 unspecified atom stereocenters. The second-order valence-electron chi connectivity index (χ2n) is 8.04. The molecule has 0 bridgehead atoms. The molecule has 0 saturated carbocycles. The zero-order valence-electron chi connectivity index (χ0n) is 17.5. The van der Waals surface area contributed by atoms with Crippen molar-refractivity contribution >= 4 is 26.3 Å². The van der Waals surface area contributed by atoms with E-state index in [2.05, 4.69) is 29.2 Å². The summed E-state index contributed by atoms with van der Waals surface area (Å²) in [5.74, 6) is 0. The Kier molecular flexibility index (Phi) is 6.31. The minimum atomic E-state index is -4.57. The number of hydrogen-bond acceptors (Lipinski definition) is 5. The number of aryl methyl sites for hydroxylation is 1. The van der Waals surface area contributed by atoms with Gasteiger partial charge in [-0.2, -0.15) is 13.2 Å². The largest absolute Gasteiger partial charge is 0.416 e. The highest BCUT2D eigenvalue weighted by atomic mass is 32.2. The average Bonchev–Trinajstić information content (AvgIpc) is 3.23. The molecule has 32 heavy (non-hydrogen) atoms. The molecular weight excluding hydrogens is 457 g/mol. The van der Waals surface area contributed by atoms with E-state index in [1.807, 2.05) is 12.3 Å². The van der Waals surface area contributed by atoms with Crippen molar-refractivity contribution in [3.8, 4) is 0 Å². The van der Waals surface area contributed by atoms with E-state index in [-0.39, 0.29) is 4.90 Å². The van der Waals surface area contributed by atoms with Crippen molar-refractivity contribution in [3.05, 3.63) is 76.3 Å². The zero-order valence-corrected chi connectivity index (χ0v) is 19.1. The fourth-order valence-electron chi connectivity index (χ4n) is 3.84. The van der Waals surface area contributed by atoms with E-state index in [0.717, 1.165) is 35.4 Å². The molecule has 0 amide bonds. The van der Waals surface area contributed by atoms with Gasteiger partial charge in [0.15, 0.2) is 15.0 Å². The summed E-state index contributed by atoms with van der Waals surface area (Å²) in [4.78, 5) is 6.50. The van der Waals surface area contributed by atoms with Crippen LogP contribution in [-0.2, 0) is 22.4 Å². The molecule has 2 heterocycles. The van der Waals surface area contributed by atoms with Crippen LogP contribution in [0.5, 0.6) is 0 Å². The molecule has 9 heteroatoms. The van der Waals surface area contributed by atoms with Gasteiger partial charge in [0.25, 0.3) is 0 Å². The Labute approximate surface area is 189 Å². The number of anilines is 1. The molecular formula is C23H23F3N2O2S2. The lowest BCUT2D eigenvalue weighted by Gasteiger charge is -2.31. The van der Waals surface area contributed by atoms with Gasteiger partial charge < -0.3 is 4.90 Å². The molecule has 0 atom stereocenters. The van der Waals surface area contributed by atoms with Crippen molar-refractivity contribution in [1.29, 1.82) is 0 Å². The molecule has 0 aliphatic carbocycles. The highest BCUT2D eigenvalue weighted by Gasteiger charge is 2.35. The maximum atomic E-state index is 13.0. The van der Waals surface area contributed by atoms with Crippen LogP contribution in [0, 0.1) is 6.92 Å². The third kappa shape index (κ3) is 4.99. The third-order valence-electron chi connectivity index (χ3n) is 5.69. The summed E-state index contributed by atoms with van der Waals surface area (Å²) in [6, 6.07) is 12.3. The number of hydrogen-bond donors (Lipinski definition) is 0. The van der Waals surface area contributed by atoms with Crippen LogP contribution in [0.15, 0.2) is 58.8 Å². The van der Waals surface area contributed by atoms with Gasteiger partial charge in [0.2, 0.25) is 0 Å². The lowest BCUT2D eigenvalue weighted by Crippen LogP contribution is -2.39. The first kappa shape index (κ1) is 22.8. The van der Waals surface area contributed by atoms with E-state index in [4.69, 9.17) is 4.98 Å². The number of alkyl halides is 3. The molecule has 0 radical (unpaired) electrons. The summed E-state index contributed by atoms with van der Waals surface area (Å²) in [5.41, 5.74) is 2.40. The van der Waals surface area contributed by atoms with Crippen molar-refractivity contribution < 1.29 is 21.6 Å². The van der Waals surface area contributed by atoms with Crippen LogP contribution in [0.2, 0.25) is 0 Å². The van der Waals surface area contributed by atoms with Crippen molar-refractivity contribution in [2.24, 2.45) is 0 Å². The average molecular weight is 481 g/mol. The Bertz CT molecular complexity index is 1180. The Morgan fingerprint density at radius 1 is 1.09 bits per heavy atom. The summed E-state index contributed by atoms with van der Waals surface area (Å²) >= 11 is 1.53. The minimum absolute atomic E-state index is 0.264. The topological polar surface area (TPSA) is 50.3 Å². The normalized spacial score (nSPS) is 15.8. The van der Waals surface area contributed by atoms with Gasteiger partial charge >= 0.3 is 6.18 Å². The lowest BCUT2D eigenvalue weighted by atomic mass is 10.1. The van der Waals surface area contributed by atoms with Crippen molar-refractivity contribution in [2.75, 3.05) is 18.0 Å². The summed E-state index contributed by atoms with van der Waals surface area (Å²) in [6.07, 6.45) is -3.13. The summed E-state index contributed by atoms with van der Waals surface area (Å²) in [5, 5.41) is 2.16. The molecule has 1 saturated heterocycles. The Morgan fingerprint density at radius 3 is 2.44 bits per heavy atom. The first-order valence-corrected chi connectivity index (χ1v) is 12.7. The van der Waals surface area contributed by atoms with Crippen molar-refractivity contribution in [3.63, 3.8) is 0 Å². The summed E-state index contributed by atoms with van der Waals surface area (Å²) in [6.45, 7) is 3.04. The number of aromatic nitrogens is 1. The number of piperidine rings is 1. The van der Waals surface area contributed by atoms with Crippen LogP contribution < -0.4 is 4.90 Å². The standard InChI is InChI=1S/C23H23F3N2O2S2/c1-16-5-7-17(8-6-16)13-19-15-31-22(27-19)28-11-9-20(10-12-28)32(29,30)21-4-2-3-18(14-21)23(24,25)26/h2-8,14-15,20H,9-13H2,1H3. The molecule has 1 aliphatic heterocycles. The first-order chi connectivity index (χ1) is 15.1. The van der Waals surface area contributed by atoms with Gasteiger partial charge in [0, 0.05) is 24.9 Å². The van der Waals surface area contributed by atoms with Crippen LogP contribution in [0.25, 0.3) is 0 Å². The number of rotatable bonds is 5. The fraction of sp³-hybridized carbons (Fsp3) is 0.348. The van der Waals surface area contributed by atoms with Crippen LogP contribution in [0.1, 0.15) is 35.2 Å². The van der Waals surface area contributed by atoms with Crippen LogP contribution >= 0.6 is 11.3 Å². The Morgan fingerprint density at radius 2 is 1.78 bits per heavy atom. The van der Waals surface area contributed by atoms with E-state index < -0.39 is 26.8 Å². The van der Waals surface area contributed by atoms with Crippen molar-refractivity contribution in [2.45, 2.75) is 42.5 Å². The molecule has 1 aromatic heterocycles. The number of benzene rings is 2. The monoisotopic (exact) mass is 480 g/mol. The lowest BCUT2D eigenvalue weighted by molar-refractivity contribution is -0.137. The Balaban J connectivity index is 1.41. The second-order valence-corrected chi connectivity index (χ2v) is 11.1. The highest BCUT2D eigenvalue weighted by Crippen LogP contribution is 2.33. The fourth-order valence-corrected chi connectivity index (χ4v) is 6.49. The van der Waals surface area contributed by atoms with Gasteiger partial charge in [-0.3, -0.25) is 0 Å². The van der Waals surface area contributed by atoms with Crippen LogP contribution in [0.3, 0.4) is 0 Å². The number of nitrogens with zero attached hydrogens (tertiary/aromatic N) is 2. The summed E-state index contributed by atoms with van der Waals surface area (Å²) < 4.78 is 64.8. The maximum Gasteiger partial charge on any atom is 0.416 e. The quantitative estimate of drug-likeness (QED) is 0.484. The smallest absolute Gasteiger partial charge is 0.348 e. The SMILES string of the molecule is Cc1ccc(Cc2csc(N3CCC(S(=O)(=O)c4cccc(C(F)(F)F)c4)CC3)n2)cc1. The first-order valence-electron chi connectivity index (χ1n) is 10.3. The zero-order chi connectivity index (χ0) is 22.9.